The van der Waals surface area contributed by atoms with E-state index in [1.165, 1.54) is 154 Å². The first-order valence-electron chi connectivity index (χ1n) is 26.1. The molecule has 0 fully saturated rings. The predicted molar refractivity (Wildman–Crippen MR) is 265 cm³/mol. The van der Waals surface area contributed by atoms with Crippen molar-refractivity contribution in [3.05, 3.63) is 48.6 Å². The molecular weight excluding hydrogens is 812 g/mol. The highest BCUT2D eigenvalue weighted by Gasteiger charge is 2.26. The SMILES string of the molecule is CCCCCCC/C=C\C/C=C\C/C=C\CCCCCCCCCCC(=O)OC(COCCCCCCCCCC/C=C\CCCCCCCCC)COP(=O)(O)OCC(O)CO. The Morgan fingerprint density at radius 3 is 1.30 bits per heavy atom. The van der Waals surface area contributed by atoms with Crippen LogP contribution in [0.15, 0.2) is 48.6 Å². The average Bonchev–Trinajstić information content (AvgIpc) is 3.28. The van der Waals surface area contributed by atoms with Crippen LogP contribution in [-0.2, 0) is 27.9 Å². The van der Waals surface area contributed by atoms with E-state index in [1.54, 1.807) is 0 Å². The molecule has 63 heavy (non-hydrogen) atoms. The van der Waals surface area contributed by atoms with E-state index in [4.69, 9.17) is 23.6 Å². The van der Waals surface area contributed by atoms with Crippen LogP contribution in [0.4, 0.5) is 0 Å². The van der Waals surface area contributed by atoms with Gasteiger partial charge in [0.1, 0.15) is 12.2 Å². The zero-order chi connectivity index (χ0) is 46.0. The minimum absolute atomic E-state index is 0.0442. The number of aliphatic hydroxyl groups excluding tert-OH is 2. The van der Waals surface area contributed by atoms with Gasteiger partial charge in [0.15, 0.2) is 0 Å². The first-order chi connectivity index (χ1) is 30.8. The van der Waals surface area contributed by atoms with Gasteiger partial charge in [-0.15, -0.1) is 0 Å². The summed E-state index contributed by atoms with van der Waals surface area (Å²) < 4.78 is 33.5. The minimum atomic E-state index is -4.53. The van der Waals surface area contributed by atoms with Crippen LogP contribution in [0.3, 0.4) is 0 Å². The molecule has 0 aromatic heterocycles. The van der Waals surface area contributed by atoms with E-state index < -0.39 is 33.2 Å². The van der Waals surface area contributed by atoms with Crippen LogP contribution in [0, 0.1) is 0 Å². The van der Waals surface area contributed by atoms with Crippen LogP contribution in [0.25, 0.3) is 0 Å². The van der Waals surface area contributed by atoms with Crippen molar-refractivity contribution in [2.45, 2.75) is 251 Å². The fourth-order valence-electron chi connectivity index (χ4n) is 7.24. The number of phosphoric ester groups is 1. The van der Waals surface area contributed by atoms with Gasteiger partial charge in [-0.25, -0.2) is 4.57 Å². The number of ether oxygens (including phenoxy) is 2. The smallest absolute Gasteiger partial charge is 0.457 e. The molecule has 0 aromatic carbocycles. The summed E-state index contributed by atoms with van der Waals surface area (Å²) >= 11 is 0. The average molecular weight is 911 g/mol. The fourth-order valence-corrected chi connectivity index (χ4v) is 8.03. The third kappa shape index (κ3) is 49.7. The van der Waals surface area contributed by atoms with Gasteiger partial charge < -0.3 is 24.6 Å². The fraction of sp³-hybridized carbons (Fsp3) is 0.830. The van der Waals surface area contributed by atoms with Gasteiger partial charge >= 0.3 is 13.8 Å². The topological polar surface area (TPSA) is 132 Å². The molecule has 0 aromatic rings. The molecule has 0 aliphatic carbocycles. The summed E-state index contributed by atoms with van der Waals surface area (Å²) in [5, 5.41) is 18.4. The molecule has 9 nitrogen and oxygen atoms in total. The normalized spacial score (nSPS) is 14.2. The van der Waals surface area contributed by atoms with Crippen LogP contribution in [0.2, 0.25) is 0 Å². The molecule has 0 amide bonds. The molecule has 0 rings (SSSR count). The highest BCUT2D eigenvalue weighted by molar-refractivity contribution is 7.47. The lowest BCUT2D eigenvalue weighted by atomic mass is 10.1. The second kappa shape index (κ2) is 49.8. The van der Waals surface area contributed by atoms with Crippen LogP contribution in [0.1, 0.15) is 239 Å². The van der Waals surface area contributed by atoms with Gasteiger partial charge in [-0.1, -0.05) is 204 Å². The molecule has 3 atom stereocenters. The van der Waals surface area contributed by atoms with Crippen molar-refractivity contribution < 1.29 is 43.0 Å². The van der Waals surface area contributed by atoms with Gasteiger partial charge in [-0.05, 0) is 77.0 Å². The van der Waals surface area contributed by atoms with E-state index in [9.17, 15) is 19.4 Å². The minimum Gasteiger partial charge on any atom is -0.457 e. The van der Waals surface area contributed by atoms with Crippen molar-refractivity contribution in [1.82, 2.24) is 0 Å². The predicted octanol–water partition coefficient (Wildman–Crippen LogP) is 15.3. The third-order valence-electron chi connectivity index (χ3n) is 11.2. The Kier molecular flexibility index (Phi) is 48.6. The van der Waals surface area contributed by atoms with E-state index >= 15 is 0 Å². The molecule has 0 aliphatic rings. The quantitative estimate of drug-likeness (QED) is 0.0236. The highest BCUT2D eigenvalue weighted by atomic mass is 31.2. The molecule has 0 spiro atoms. The lowest BCUT2D eigenvalue weighted by Gasteiger charge is -2.20. The van der Waals surface area contributed by atoms with Gasteiger partial charge in [-0.2, -0.15) is 0 Å². The monoisotopic (exact) mass is 911 g/mol. The Morgan fingerprint density at radius 1 is 0.492 bits per heavy atom. The van der Waals surface area contributed by atoms with Gasteiger partial charge in [0.05, 0.1) is 26.4 Å². The molecule has 3 unspecified atom stereocenters. The maximum absolute atomic E-state index is 12.7. The Labute approximate surface area is 388 Å². The lowest BCUT2D eigenvalue weighted by molar-refractivity contribution is -0.154. The highest BCUT2D eigenvalue weighted by Crippen LogP contribution is 2.43. The number of aliphatic hydroxyl groups is 2. The van der Waals surface area contributed by atoms with E-state index in [-0.39, 0.29) is 25.6 Å². The Morgan fingerprint density at radius 2 is 0.857 bits per heavy atom. The van der Waals surface area contributed by atoms with Crippen LogP contribution < -0.4 is 0 Å². The summed E-state index contributed by atoms with van der Waals surface area (Å²) in [5.41, 5.74) is 0. The maximum atomic E-state index is 12.7. The van der Waals surface area contributed by atoms with E-state index in [1.807, 2.05) is 0 Å². The number of carbonyl (C=O) groups is 1. The molecule has 3 N–H and O–H groups in total. The molecule has 0 saturated carbocycles. The van der Waals surface area contributed by atoms with E-state index in [2.05, 4.69) is 62.5 Å². The van der Waals surface area contributed by atoms with Crippen molar-refractivity contribution in [3.63, 3.8) is 0 Å². The number of hydrogen-bond donors (Lipinski definition) is 3. The molecule has 0 aliphatic heterocycles. The number of rotatable bonds is 50. The molecule has 0 radical (unpaired) electrons. The van der Waals surface area contributed by atoms with E-state index in [0.29, 0.717) is 6.61 Å². The largest absolute Gasteiger partial charge is 0.472 e. The van der Waals surface area contributed by atoms with Crippen molar-refractivity contribution in [1.29, 1.82) is 0 Å². The molecule has 0 bridgehead atoms. The maximum Gasteiger partial charge on any atom is 0.472 e. The summed E-state index contributed by atoms with van der Waals surface area (Å²) in [5.74, 6) is -0.389. The second-order valence-corrected chi connectivity index (χ2v) is 19.0. The summed E-state index contributed by atoms with van der Waals surface area (Å²) in [4.78, 5) is 22.7. The van der Waals surface area contributed by atoms with Crippen LogP contribution in [-0.4, -0.2) is 66.3 Å². The third-order valence-corrected chi connectivity index (χ3v) is 12.2. The van der Waals surface area contributed by atoms with Crippen molar-refractivity contribution in [2.75, 3.05) is 33.0 Å². The number of allylic oxidation sites excluding steroid dienone is 8. The summed E-state index contributed by atoms with van der Waals surface area (Å²) in [6, 6.07) is 0. The molecule has 370 valence electrons. The zero-order valence-corrected chi connectivity index (χ0v) is 41.7. The van der Waals surface area contributed by atoms with Crippen molar-refractivity contribution >= 4 is 13.8 Å². The first-order valence-corrected chi connectivity index (χ1v) is 27.6. The summed E-state index contributed by atoms with van der Waals surface area (Å²) in [6.45, 7) is 3.52. The molecular formula is C53H99O9P. The van der Waals surface area contributed by atoms with Crippen LogP contribution in [0.5, 0.6) is 0 Å². The zero-order valence-electron chi connectivity index (χ0n) is 40.8. The Bertz CT molecular complexity index is 1120. The first kappa shape index (κ1) is 61.4. The standard InChI is InChI=1S/C53H99O9P/c1-3-5-7-9-11-13-15-17-19-21-23-24-25-26-27-29-31-33-35-37-39-41-43-45-53(56)62-52(50-61-63(57,58)60-48-51(55)47-54)49-59-46-44-42-40-38-36-34-32-30-28-22-20-18-16-14-12-10-8-6-4-2/h15,17,20-23,25-26,51-52,54-55H,3-14,16,18-19,24,27-50H2,1-2H3,(H,57,58)/b17-15-,22-20-,23-21-,26-25-. The van der Waals surface area contributed by atoms with Gasteiger partial charge in [0, 0.05) is 13.0 Å². The summed E-state index contributed by atoms with van der Waals surface area (Å²) in [6.07, 6.45) is 57.9. The van der Waals surface area contributed by atoms with E-state index in [0.717, 1.165) is 64.2 Å². The van der Waals surface area contributed by atoms with Crippen molar-refractivity contribution in [3.8, 4) is 0 Å². The Balaban J connectivity index is 4.09. The lowest BCUT2D eigenvalue weighted by Crippen LogP contribution is -2.29. The number of esters is 1. The Hall–Kier alpha value is -1.58. The molecule has 0 heterocycles. The van der Waals surface area contributed by atoms with Crippen LogP contribution >= 0.6 is 7.82 Å². The van der Waals surface area contributed by atoms with Crippen molar-refractivity contribution in [2.24, 2.45) is 0 Å². The second-order valence-electron chi connectivity index (χ2n) is 17.5. The molecule has 10 heteroatoms. The van der Waals surface area contributed by atoms with Gasteiger partial charge in [0.25, 0.3) is 0 Å². The molecule has 0 saturated heterocycles. The number of hydrogen-bond acceptors (Lipinski definition) is 8. The summed E-state index contributed by atoms with van der Waals surface area (Å²) in [7, 11) is -4.53. The number of phosphoric acid groups is 1. The van der Waals surface area contributed by atoms with Gasteiger partial charge in [0.2, 0.25) is 0 Å². The number of unbranched alkanes of at least 4 members (excludes halogenated alkanes) is 28. The number of carbonyl (C=O) groups excluding carboxylic acids is 1. The van der Waals surface area contributed by atoms with Gasteiger partial charge in [-0.3, -0.25) is 13.8 Å².